The van der Waals surface area contributed by atoms with E-state index in [2.05, 4.69) is 10.6 Å². The Kier molecular flexibility index (Phi) is 6.20. The summed E-state index contributed by atoms with van der Waals surface area (Å²) in [4.78, 5) is 25.1. The summed E-state index contributed by atoms with van der Waals surface area (Å²) in [6.07, 6.45) is 0. The van der Waals surface area contributed by atoms with Crippen molar-refractivity contribution in [3.05, 3.63) is 93.8 Å². The number of benzene rings is 3. The molecule has 1 aromatic heterocycles. The van der Waals surface area contributed by atoms with Gasteiger partial charge in [0.2, 0.25) is 0 Å². The van der Waals surface area contributed by atoms with E-state index >= 15 is 0 Å². The summed E-state index contributed by atoms with van der Waals surface area (Å²) in [6, 6.07) is 20.9. The van der Waals surface area contributed by atoms with Crippen LogP contribution in [0.15, 0.2) is 82.0 Å². The fourth-order valence-corrected chi connectivity index (χ4v) is 3.60. The van der Waals surface area contributed by atoms with Crippen molar-refractivity contribution in [1.29, 1.82) is 0 Å². The van der Waals surface area contributed by atoms with E-state index in [1.807, 2.05) is 18.2 Å². The Morgan fingerprint density at radius 1 is 1.03 bits per heavy atom. The van der Waals surface area contributed by atoms with Crippen LogP contribution in [0.2, 0.25) is 5.02 Å². The maximum atomic E-state index is 12.6. The van der Waals surface area contributed by atoms with Gasteiger partial charge in [0.1, 0.15) is 11.3 Å². The molecule has 0 saturated carbocycles. The monoisotopic (exact) mass is 464 g/mol. The van der Waals surface area contributed by atoms with Crippen LogP contribution in [0.1, 0.15) is 10.4 Å². The number of anilines is 1. The first-order chi connectivity index (χ1) is 15.4. The number of halogens is 1. The normalized spacial score (nSPS) is 10.6. The van der Waals surface area contributed by atoms with Crippen LogP contribution in [-0.4, -0.2) is 18.1 Å². The van der Waals surface area contributed by atoms with Gasteiger partial charge in [-0.25, -0.2) is 4.79 Å². The lowest BCUT2D eigenvalue weighted by Crippen LogP contribution is -2.34. The molecule has 8 heteroatoms. The van der Waals surface area contributed by atoms with Gasteiger partial charge in [-0.2, -0.15) is 0 Å². The van der Waals surface area contributed by atoms with Crippen molar-refractivity contribution in [3.8, 4) is 16.9 Å². The maximum absolute atomic E-state index is 12.6. The molecule has 0 atom stereocenters. The van der Waals surface area contributed by atoms with Crippen LogP contribution in [0.4, 0.5) is 5.69 Å². The predicted octanol–water partition coefficient (Wildman–Crippen LogP) is 5.25. The number of fused-ring (bicyclic) bond motifs is 1. The molecule has 0 spiro atoms. The van der Waals surface area contributed by atoms with Crippen molar-refractivity contribution in [2.75, 3.05) is 12.4 Å². The molecule has 4 aromatic rings. The SMILES string of the molecule is COc1ccc(Cl)cc1C(=O)NC(=S)Nc1cccc(-c2cc3ccccc3oc2=O)c1. The summed E-state index contributed by atoms with van der Waals surface area (Å²) in [5.41, 5.74) is 2.01. The number of rotatable bonds is 4. The van der Waals surface area contributed by atoms with Gasteiger partial charge >= 0.3 is 5.63 Å². The topological polar surface area (TPSA) is 80.6 Å². The summed E-state index contributed by atoms with van der Waals surface area (Å²) in [7, 11) is 1.46. The van der Waals surface area contributed by atoms with Crippen molar-refractivity contribution >= 4 is 51.5 Å². The number of amides is 1. The van der Waals surface area contributed by atoms with Gasteiger partial charge in [0, 0.05) is 16.1 Å². The number of hydrogen-bond donors (Lipinski definition) is 2. The minimum atomic E-state index is -0.465. The summed E-state index contributed by atoms with van der Waals surface area (Å²) >= 11 is 11.3. The van der Waals surface area contributed by atoms with Gasteiger partial charge in [-0.15, -0.1) is 0 Å². The van der Waals surface area contributed by atoms with E-state index in [0.29, 0.717) is 33.2 Å². The second-order valence-corrected chi connectivity index (χ2v) is 7.66. The molecule has 0 aliphatic carbocycles. The number of methoxy groups -OCH3 is 1. The lowest BCUT2D eigenvalue weighted by molar-refractivity contribution is 0.0975. The maximum Gasteiger partial charge on any atom is 0.344 e. The zero-order valence-corrected chi connectivity index (χ0v) is 18.4. The van der Waals surface area contributed by atoms with Crippen molar-refractivity contribution in [2.24, 2.45) is 0 Å². The Hall–Kier alpha value is -3.68. The van der Waals surface area contributed by atoms with Crippen LogP contribution in [0.25, 0.3) is 22.1 Å². The van der Waals surface area contributed by atoms with Crippen molar-refractivity contribution in [3.63, 3.8) is 0 Å². The number of carbonyl (C=O) groups is 1. The lowest BCUT2D eigenvalue weighted by atomic mass is 10.1. The molecule has 1 amide bonds. The molecule has 0 aliphatic heterocycles. The van der Waals surface area contributed by atoms with Gasteiger partial charge < -0.3 is 14.5 Å². The minimum Gasteiger partial charge on any atom is -0.496 e. The standard InChI is InChI=1S/C24H17ClN2O4S/c1-30-21-10-9-16(25)13-19(21)22(28)27-24(32)26-17-7-4-6-14(11-17)18-12-15-5-2-3-8-20(15)31-23(18)29/h2-13H,1H3,(H2,26,27,28,32). The molecule has 0 saturated heterocycles. The molecule has 0 bridgehead atoms. The quantitative estimate of drug-likeness (QED) is 0.317. The molecule has 3 aromatic carbocycles. The first-order valence-corrected chi connectivity index (χ1v) is 10.3. The number of para-hydroxylation sites is 1. The zero-order valence-electron chi connectivity index (χ0n) is 16.8. The molecule has 0 unspecified atom stereocenters. The van der Waals surface area contributed by atoms with E-state index in [1.54, 1.807) is 48.5 Å². The zero-order chi connectivity index (χ0) is 22.7. The third-order valence-corrected chi connectivity index (χ3v) is 5.15. The number of carbonyl (C=O) groups excluding carboxylic acids is 1. The first-order valence-electron chi connectivity index (χ1n) is 9.54. The van der Waals surface area contributed by atoms with Crippen LogP contribution < -0.4 is 21.0 Å². The number of hydrogen-bond acceptors (Lipinski definition) is 5. The van der Waals surface area contributed by atoms with Crippen molar-refractivity contribution in [2.45, 2.75) is 0 Å². The summed E-state index contributed by atoms with van der Waals surface area (Å²) in [5, 5.41) is 6.86. The highest BCUT2D eigenvalue weighted by molar-refractivity contribution is 7.80. The molecule has 0 radical (unpaired) electrons. The largest absolute Gasteiger partial charge is 0.496 e. The third-order valence-electron chi connectivity index (χ3n) is 4.71. The Morgan fingerprint density at radius 2 is 1.84 bits per heavy atom. The highest BCUT2D eigenvalue weighted by atomic mass is 35.5. The highest BCUT2D eigenvalue weighted by Crippen LogP contribution is 2.24. The fourth-order valence-electron chi connectivity index (χ4n) is 3.22. The number of thiocarbonyl (C=S) groups is 1. The molecule has 0 aliphatic rings. The molecule has 32 heavy (non-hydrogen) atoms. The summed E-state index contributed by atoms with van der Waals surface area (Å²) < 4.78 is 10.6. The van der Waals surface area contributed by atoms with Crippen LogP contribution in [0.5, 0.6) is 5.75 Å². The van der Waals surface area contributed by atoms with E-state index < -0.39 is 11.5 Å². The predicted molar refractivity (Wildman–Crippen MR) is 130 cm³/mol. The van der Waals surface area contributed by atoms with Crippen LogP contribution in [0.3, 0.4) is 0 Å². The highest BCUT2D eigenvalue weighted by Gasteiger charge is 2.15. The Balaban J connectivity index is 1.54. The summed E-state index contributed by atoms with van der Waals surface area (Å²) in [6.45, 7) is 0. The Bertz CT molecular complexity index is 1400. The van der Waals surface area contributed by atoms with Gasteiger partial charge in [-0.05, 0) is 60.2 Å². The third kappa shape index (κ3) is 4.64. The van der Waals surface area contributed by atoms with Crippen molar-refractivity contribution < 1.29 is 13.9 Å². The lowest BCUT2D eigenvalue weighted by Gasteiger charge is -2.12. The Labute approximate surface area is 193 Å². The first kappa shape index (κ1) is 21.5. The molecule has 1 heterocycles. The van der Waals surface area contributed by atoms with Gasteiger partial charge in [0.25, 0.3) is 5.91 Å². The second-order valence-electron chi connectivity index (χ2n) is 6.82. The van der Waals surface area contributed by atoms with E-state index in [9.17, 15) is 9.59 Å². The van der Waals surface area contributed by atoms with Gasteiger partial charge in [-0.3, -0.25) is 10.1 Å². The smallest absolute Gasteiger partial charge is 0.344 e. The molecule has 0 fully saturated rings. The second kappa shape index (κ2) is 9.21. The molecule has 2 N–H and O–H groups in total. The van der Waals surface area contributed by atoms with Crippen LogP contribution in [0, 0.1) is 0 Å². The van der Waals surface area contributed by atoms with Gasteiger partial charge in [0.05, 0.1) is 18.2 Å². The van der Waals surface area contributed by atoms with E-state index in [1.165, 1.54) is 13.2 Å². The average molecular weight is 465 g/mol. The fraction of sp³-hybridized carbons (Fsp3) is 0.0417. The molecular weight excluding hydrogens is 448 g/mol. The minimum absolute atomic E-state index is 0.0831. The molecule has 6 nitrogen and oxygen atoms in total. The number of nitrogens with one attached hydrogen (secondary N) is 2. The van der Waals surface area contributed by atoms with Crippen LogP contribution >= 0.6 is 23.8 Å². The Morgan fingerprint density at radius 3 is 2.66 bits per heavy atom. The van der Waals surface area contributed by atoms with Gasteiger partial charge in [-0.1, -0.05) is 41.9 Å². The molecule has 4 rings (SSSR count). The number of ether oxygens (including phenoxy) is 1. The average Bonchev–Trinajstić information content (AvgIpc) is 2.78. The van der Waals surface area contributed by atoms with E-state index in [0.717, 1.165) is 5.39 Å². The molecular formula is C24H17ClN2O4S. The van der Waals surface area contributed by atoms with E-state index in [4.69, 9.17) is 33.0 Å². The van der Waals surface area contributed by atoms with Crippen molar-refractivity contribution in [1.82, 2.24) is 5.32 Å². The van der Waals surface area contributed by atoms with Crippen LogP contribution in [-0.2, 0) is 0 Å². The molecule has 160 valence electrons. The summed E-state index contributed by atoms with van der Waals surface area (Å²) in [5.74, 6) is -0.0899. The van der Waals surface area contributed by atoms with E-state index in [-0.39, 0.29) is 10.7 Å². The van der Waals surface area contributed by atoms with Gasteiger partial charge in [0.15, 0.2) is 5.11 Å².